The first-order valence-corrected chi connectivity index (χ1v) is 10.1. The van der Waals surface area contributed by atoms with Gasteiger partial charge in [-0.15, -0.1) is 0 Å². The molecule has 0 radical (unpaired) electrons. The van der Waals surface area contributed by atoms with Crippen molar-refractivity contribution in [1.82, 2.24) is 15.1 Å². The van der Waals surface area contributed by atoms with Gasteiger partial charge in [-0.3, -0.25) is 19.6 Å². The van der Waals surface area contributed by atoms with Gasteiger partial charge in [0.1, 0.15) is 12.3 Å². The number of carboxylic acid groups (broad SMARTS) is 1. The van der Waals surface area contributed by atoms with Gasteiger partial charge in [0, 0.05) is 25.6 Å². The lowest BCUT2D eigenvalue weighted by Crippen LogP contribution is -2.27. The summed E-state index contributed by atoms with van der Waals surface area (Å²) in [5, 5.41) is 17.8. The zero-order valence-electron chi connectivity index (χ0n) is 17.4. The number of amides is 2. The van der Waals surface area contributed by atoms with Gasteiger partial charge in [0.2, 0.25) is 0 Å². The Balaban J connectivity index is 1.38. The molecule has 9 heteroatoms. The molecule has 0 bridgehead atoms. The van der Waals surface area contributed by atoms with Crippen molar-refractivity contribution >= 4 is 23.8 Å². The van der Waals surface area contributed by atoms with Crippen molar-refractivity contribution in [2.75, 3.05) is 18.5 Å². The Bertz CT molecular complexity index is 1140. The molecule has 32 heavy (non-hydrogen) atoms. The van der Waals surface area contributed by atoms with E-state index in [1.165, 1.54) is 10.7 Å². The van der Waals surface area contributed by atoms with E-state index in [9.17, 15) is 14.4 Å². The van der Waals surface area contributed by atoms with Crippen LogP contribution in [-0.2, 0) is 16.6 Å². The fourth-order valence-electron chi connectivity index (χ4n) is 3.85. The minimum absolute atomic E-state index is 0.00547. The fourth-order valence-corrected chi connectivity index (χ4v) is 3.85. The van der Waals surface area contributed by atoms with Crippen molar-refractivity contribution in [3.63, 3.8) is 0 Å². The predicted molar refractivity (Wildman–Crippen MR) is 116 cm³/mol. The van der Waals surface area contributed by atoms with Gasteiger partial charge >= 0.3 is 12.1 Å². The fraction of sp³-hybridized carbons (Fsp3) is 0.217. The van der Waals surface area contributed by atoms with Crippen molar-refractivity contribution in [2.45, 2.75) is 12.3 Å². The number of aryl methyl sites for hydroxylation is 1. The van der Waals surface area contributed by atoms with Gasteiger partial charge < -0.3 is 15.2 Å². The molecule has 0 saturated carbocycles. The van der Waals surface area contributed by atoms with E-state index in [0.717, 1.165) is 22.3 Å². The van der Waals surface area contributed by atoms with Crippen LogP contribution in [-0.4, -0.2) is 46.0 Å². The van der Waals surface area contributed by atoms with E-state index in [0.29, 0.717) is 0 Å². The van der Waals surface area contributed by atoms with Crippen LogP contribution in [0.15, 0.2) is 54.6 Å². The zero-order chi connectivity index (χ0) is 22.7. The topological polar surface area (TPSA) is 123 Å². The average molecular weight is 434 g/mol. The van der Waals surface area contributed by atoms with Crippen LogP contribution >= 0.6 is 0 Å². The second-order valence-electron chi connectivity index (χ2n) is 7.39. The summed E-state index contributed by atoms with van der Waals surface area (Å²) < 4.78 is 6.78. The second-order valence-corrected chi connectivity index (χ2v) is 7.39. The second kappa shape index (κ2) is 8.93. The summed E-state index contributed by atoms with van der Waals surface area (Å²) in [6.45, 7) is 0.156. The molecule has 1 heterocycles. The van der Waals surface area contributed by atoms with Crippen LogP contribution in [0.4, 0.5) is 10.6 Å². The smallest absolute Gasteiger partial charge is 0.412 e. The Kier molecular flexibility index (Phi) is 5.89. The Morgan fingerprint density at radius 1 is 1.06 bits per heavy atom. The number of benzene rings is 2. The van der Waals surface area contributed by atoms with Crippen LogP contribution in [0, 0.1) is 0 Å². The Morgan fingerprint density at radius 3 is 2.31 bits per heavy atom. The molecule has 2 aromatic carbocycles. The molecule has 0 spiro atoms. The summed E-state index contributed by atoms with van der Waals surface area (Å²) in [4.78, 5) is 35.1. The van der Waals surface area contributed by atoms with Gasteiger partial charge in [-0.1, -0.05) is 48.5 Å². The van der Waals surface area contributed by atoms with Gasteiger partial charge in [-0.2, -0.15) is 5.10 Å². The van der Waals surface area contributed by atoms with Crippen LogP contribution < -0.4 is 10.6 Å². The molecule has 0 saturated heterocycles. The number of ether oxygens (including phenoxy) is 1. The van der Waals surface area contributed by atoms with Crippen LogP contribution in [0.5, 0.6) is 0 Å². The van der Waals surface area contributed by atoms with Crippen LogP contribution in [0.3, 0.4) is 0 Å². The zero-order valence-corrected chi connectivity index (χ0v) is 17.4. The molecule has 1 aromatic heterocycles. The number of nitrogens with one attached hydrogen (secondary N) is 2. The summed E-state index contributed by atoms with van der Waals surface area (Å²) in [6.07, 6.45) is -0.864. The molecule has 2 amide bonds. The summed E-state index contributed by atoms with van der Waals surface area (Å²) >= 11 is 0. The molecule has 0 atom stereocenters. The average Bonchev–Trinajstić information content (AvgIpc) is 3.29. The molecule has 1 aliphatic carbocycles. The third kappa shape index (κ3) is 4.31. The lowest BCUT2D eigenvalue weighted by atomic mass is 9.98. The molecule has 164 valence electrons. The standard InChI is InChI=1S/C23H22N4O5/c1-27-19(22(30)24-11-10-21(28)29)12-20(26-27)25-23(31)32-13-18-16-8-4-2-6-14(16)15-7-3-5-9-17(15)18/h2-9,12,18H,10-11,13H2,1H3,(H,24,30)(H,28,29)(H,25,26,31). The number of fused-ring (bicyclic) bond motifs is 3. The van der Waals surface area contributed by atoms with Crippen molar-refractivity contribution in [3.05, 3.63) is 71.4 Å². The molecule has 1 aliphatic rings. The van der Waals surface area contributed by atoms with Gasteiger partial charge in [-0.25, -0.2) is 4.79 Å². The summed E-state index contributed by atoms with van der Waals surface area (Å²) in [5.41, 5.74) is 4.68. The minimum Gasteiger partial charge on any atom is -0.481 e. The monoisotopic (exact) mass is 434 g/mol. The van der Waals surface area contributed by atoms with E-state index >= 15 is 0 Å². The number of hydrogen-bond acceptors (Lipinski definition) is 5. The first-order chi connectivity index (χ1) is 15.4. The van der Waals surface area contributed by atoms with E-state index in [4.69, 9.17) is 9.84 Å². The molecule has 0 fully saturated rings. The normalized spacial score (nSPS) is 12.0. The van der Waals surface area contributed by atoms with Crippen molar-refractivity contribution in [2.24, 2.45) is 7.05 Å². The number of anilines is 1. The van der Waals surface area contributed by atoms with Crippen LogP contribution in [0.25, 0.3) is 11.1 Å². The quantitative estimate of drug-likeness (QED) is 0.525. The molecule has 3 aromatic rings. The molecule has 3 N–H and O–H groups in total. The summed E-state index contributed by atoms with van der Waals surface area (Å²) in [7, 11) is 1.55. The number of carbonyl (C=O) groups is 3. The van der Waals surface area contributed by atoms with Crippen LogP contribution in [0.1, 0.15) is 34.0 Å². The van der Waals surface area contributed by atoms with Crippen molar-refractivity contribution < 1.29 is 24.2 Å². The molecule has 4 rings (SSSR count). The largest absolute Gasteiger partial charge is 0.481 e. The predicted octanol–water partition coefficient (Wildman–Crippen LogP) is 2.99. The molecule has 9 nitrogen and oxygen atoms in total. The third-order valence-corrected chi connectivity index (χ3v) is 5.31. The van der Waals surface area contributed by atoms with Gasteiger partial charge in [-0.05, 0) is 22.3 Å². The highest BCUT2D eigenvalue weighted by molar-refractivity contribution is 5.94. The number of carboxylic acids is 1. The van der Waals surface area contributed by atoms with E-state index in [-0.39, 0.29) is 37.0 Å². The van der Waals surface area contributed by atoms with E-state index < -0.39 is 18.0 Å². The lowest BCUT2D eigenvalue weighted by molar-refractivity contribution is -0.136. The highest BCUT2D eigenvalue weighted by atomic mass is 16.5. The number of hydrogen-bond donors (Lipinski definition) is 3. The highest BCUT2D eigenvalue weighted by Crippen LogP contribution is 2.44. The Morgan fingerprint density at radius 2 is 1.69 bits per heavy atom. The Hall–Kier alpha value is -4.14. The van der Waals surface area contributed by atoms with Crippen molar-refractivity contribution in [1.29, 1.82) is 0 Å². The minimum atomic E-state index is -1.01. The highest BCUT2D eigenvalue weighted by Gasteiger charge is 2.29. The molecular formula is C23H22N4O5. The number of carbonyl (C=O) groups excluding carboxylic acids is 2. The van der Waals surface area contributed by atoms with E-state index in [1.807, 2.05) is 36.4 Å². The van der Waals surface area contributed by atoms with Crippen molar-refractivity contribution in [3.8, 4) is 11.1 Å². The number of aromatic nitrogens is 2. The number of aliphatic carboxylic acids is 1. The maximum atomic E-state index is 12.4. The third-order valence-electron chi connectivity index (χ3n) is 5.31. The maximum absolute atomic E-state index is 12.4. The van der Waals surface area contributed by atoms with Crippen LogP contribution in [0.2, 0.25) is 0 Å². The summed E-state index contributed by atoms with van der Waals surface area (Å²) in [6, 6.07) is 17.5. The van der Waals surface area contributed by atoms with Gasteiger partial charge in [0.15, 0.2) is 5.82 Å². The van der Waals surface area contributed by atoms with E-state index in [1.54, 1.807) is 7.05 Å². The SMILES string of the molecule is Cn1nc(NC(=O)OCC2c3ccccc3-c3ccccc32)cc1C(=O)NCCC(=O)O. The van der Waals surface area contributed by atoms with E-state index in [2.05, 4.69) is 27.9 Å². The van der Waals surface area contributed by atoms with Gasteiger partial charge in [0.05, 0.1) is 6.42 Å². The molecule has 0 unspecified atom stereocenters. The number of nitrogens with zero attached hydrogens (tertiary/aromatic N) is 2. The first-order valence-electron chi connectivity index (χ1n) is 10.1. The molecular weight excluding hydrogens is 412 g/mol. The Labute approximate surface area is 184 Å². The first kappa shape index (κ1) is 21.1. The maximum Gasteiger partial charge on any atom is 0.412 e. The number of rotatable bonds is 7. The lowest BCUT2D eigenvalue weighted by Gasteiger charge is -2.14. The molecule has 0 aliphatic heterocycles. The van der Waals surface area contributed by atoms with Gasteiger partial charge in [0.25, 0.3) is 5.91 Å². The summed E-state index contributed by atoms with van der Waals surface area (Å²) in [5.74, 6) is -1.39.